The van der Waals surface area contributed by atoms with Crippen molar-refractivity contribution in [3.8, 4) is 0 Å². The molecule has 14 heteroatoms. The average Bonchev–Trinajstić information content (AvgIpc) is 3.02. The second-order valence-electron chi connectivity index (χ2n) is 10.8. The van der Waals surface area contributed by atoms with Crippen LogP contribution < -0.4 is 21.1 Å². The van der Waals surface area contributed by atoms with Crippen LogP contribution in [-0.4, -0.2) is 83.7 Å². The number of hydrogen-bond donors (Lipinski definition) is 5. The highest BCUT2D eigenvalue weighted by atomic mass is 35.5. The van der Waals surface area contributed by atoms with Crippen molar-refractivity contribution in [1.29, 1.82) is 5.41 Å². The van der Waals surface area contributed by atoms with Crippen molar-refractivity contribution in [2.24, 2.45) is 11.7 Å². The van der Waals surface area contributed by atoms with Crippen LogP contribution in [0.2, 0.25) is 0 Å². The van der Waals surface area contributed by atoms with Gasteiger partial charge in [0.15, 0.2) is 5.96 Å². The maximum absolute atomic E-state index is 13.5. The first-order valence-electron chi connectivity index (χ1n) is 14.5. The molecule has 0 saturated carbocycles. The molecule has 1 saturated heterocycles. The molecule has 1 heterocycles. The van der Waals surface area contributed by atoms with Crippen LogP contribution in [-0.2, 0) is 35.5 Å². The molecular formula is C31H41ClN6O6S. The van der Waals surface area contributed by atoms with E-state index < -0.39 is 22.0 Å². The summed E-state index contributed by atoms with van der Waals surface area (Å²) in [6.07, 6.45) is 1.79. The SMILES string of the molecule is COCCOCC(=O)Nc1ccc(C[C@@H](NS(=O)(=O)c2ccc3ccccc3c2)C(=O)NCC2CCCN(C(=N)N)C2)cc1.Cl. The quantitative estimate of drug-likeness (QED) is 0.0995. The van der Waals surface area contributed by atoms with Gasteiger partial charge in [0.2, 0.25) is 21.8 Å². The zero-order chi connectivity index (χ0) is 31.5. The summed E-state index contributed by atoms with van der Waals surface area (Å²) in [6, 6.07) is 18.0. The predicted molar refractivity (Wildman–Crippen MR) is 176 cm³/mol. The molecule has 2 atom stereocenters. The topological polar surface area (TPSA) is 176 Å². The van der Waals surface area contributed by atoms with E-state index in [1.165, 1.54) is 6.07 Å². The number of ether oxygens (including phenoxy) is 2. The zero-order valence-electron chi connectivity index (χ0n) is 25.2. The number of carbonyl (C=O) groups excluding carboxylic acids is 2. The van der Waals surface area contributed by atoms with Gasteiger partial charge < -0.3 is 30.7 Å². The van der Waals surface area contributed by atoms with Crippen molar-refractivity contribution >= 4 is 56.7 Å². The Hall–Kier alpha value is -3.75. The van der Waals surface area contributed by atoms with Crippen molar-refractivity contribution in [1.82, 2.24) is 14.9 Å². The fourth-order valence-corrected chi connectivity index (χ4v) is 6.29. The maximum Gasteiger partial charge on any atom is 0.250 e. The summed E-state index contributed by atoms with van der Waals surface area (Å²) in [5.74, 6) is -0.698. The van der Waals surface area contributed by atoms with E-state index in [4.69, 9.17) is 20.6 Å². The van der Waals surface area contributed by atoms with Gasteiger partial charge >= 0.3 is 0 Å². The first-order chi connectivity index (χ1) is 21.1. The summed E-state index contributed by atoms with van der Waals surface area (Å²) in [4.78, 5) is 27.5. The van der Waals surface area contributed by atoms with Gasteiger partial charge in [-0.15, -0.1) is 12.4 Å². The number of rotatable bonds is 14. The lowest BCUT2D eigenvalue weighted by atomic mass is 9.98. The Morgan fingerprint density at radius 3 is 2.51 bits per heavy atom. The molecular weight excluding hydrogens is 620 g/mol. The van der Waals surface area contributed by atoms with E-state index in [0.717, 1.165) is 23.6 Å². The summed E-state index contributed by atoms with van der Waals surface area (Å²) < 4.78 is 39.8. The van der Waals surface area contributed by atoms with Crippen LogP contribution in [0.15, 0.2) is 71.6 Å². The molecule has 244 valence electrons. The lowest BCUT2D eigenvalue weighted by molar-refractivity contribution is -0.123. The highest BCUT2D eigenvalue weighted by Gasteiger charge is 2.28. The minimum absolute atomic E-state index is 0. The molecule has 4 rings (SSSR count). The van der Waals surface area contributed by atoms with Gasteiger partial charge in [-0.25, -0.2) is 8.42 Å². The van der Waals surface area contributed by atoms with E-state index in [1.807, 2.05) is 24.3 Å². The van der Waals surface area contributed by atoms with Crippen molar-refractivity contribution < 1.29 is 27.5 Å². The minimum atomic E-state index is -4.06. The van der Waals surface area contributed by atoms with Crippen LogP contribution in [0.1, 0.15) is 18.4 Å². The Kier molecular flexibility index (Phi) is 13.6. The molecule has 12 nitrogen and oxygen atoms in total. The maximum atomic E-state index is 13.5. The van der Waals surface area contributed by atoms with E-state index in [9.17, 15) is 18.0 Å². The molecule has 0 radical (unpaired) electrons. The van der Waals surface area contributed by atoms with Gasteiger partial charge in [-0.3, -0.25) is 15.0 Å². The largest absolute Gasteiger partial charge is 0.382 e. The number of carbonyl (C=O) groups is 2. The van der Waals surface area contributed by atoms with E-state index in [2.05, 4.69) is 15.4 Å². The molecule has 0 spiro atoms. The molecule has 1 aliphatic rings. The van der Waals surface area contributed by atoms with Gasteiger partial charge in [0.05, 0.1) is 18.1 Å². The van der Waals surface area contributed by atoms with E-state index >= 15 is 0 Å². The van der Waals surface area contributed by atoms with Gasteiger partial charge in [-0.05, 0) is 65.8 Å². The minimum Gasteiger partial charge on any atom is -0.382 e. The molecule has 1 fully saturated rings. The lowest BCUT2D eigenvalue weighted by Crippen LogP contribution is -2.51. The van der Waals surface area contributed by atoms with E-state index in [0.29, 0.717) is 44.1 Å². The fourth-order valence-electron chi connectivity index (χ4n) is 5.06. The van der Waals surface area contributed by atoms with Crippen LogP contribution in [0, 0.1) is 11.3 Å². The number of nitrogens with two attached hydrogens (primary N) is 1. The van der Waals surface area contributed by atoms with Gasteiger partial charge in [0.1, 0.15) is 12.6 Å². The highest BCUT2D eigenvalue weighted by Crippen LogP contribution is 2.20. The third-order valence-corrected chi connectivity index (χ3v) is 8.88. The molecule has 0 aromatic heterocycles. The molecule has 1 aliphatic heterocycles. The third kappa shape index (κ3) is 10.7. The molecule has 6 N–H and O–H groups in total. The van der Waals surface area contributed by atoms with Crippen molar-refractivity contribution in [2.75, 3.05) is 51.9 Å². The van der Waals surface area contributed by atoms with Gasteiger partial charge in [-0.2, -0.15) is 4.72 Å². The first kappa shape index (κ1) is 35.7. The number of nitrogens with zero attached hydrogens (tertiary/aromatic N) is 1. The van der Waals surface area contributed by atoms with Crippen LogP contribution >= 0.6 is 12.4 Å². The molecule has 2 amide bonds. The van der Waals surface area contributed by atoms with E-state index in [-0.39, 0.29) is 48.1 Å². The van der Waals surface area contributed by atoms with Gasteiger partial charge in [0.25, 0.3) is 0 Å². The average molecular weight is 661 g/mol. The molecule has 3 aromatic rings. The zero-order valence-corrected chi connectivity index (χ0v) is 26.8. The molecule has 0 aliphatic carbocycles. The van der Waals surface area contributed by atoms with Crippen LogP contribution in [0.4, 0.5) is 5.69 Å². The van der Waals surface area contributed by atoms with Crippen LogP contribution in [0.5, 0.6) is 0 Å². The number of sulfonamides is 1. The number of methoxy groups -OCH3 is 1. The fraction of sp³-hybridized carbons (Fsp3) is 0.387. The number of benzene rings is 3. The Morgan fingerprint density at radius 1 is 1.07 bits per heavy atom. The van der Waals surface area contributed by atoms with Crippen molar-refractivity contribution in [2.45, 2.75) is 30.2 Å². The smallest absolute Gasteiger partial charge is 0.250 e. The Bertz CT molecular complexity index is 1560. The second-order valence-corrected chi connectivity index (χ2v) is 12.5. The number of guanidine groups is 1. The number of halogens is 1. The summed E-state index contributed by atoms with van der Waals surface area (Å²) in [5.41, 5.74) is 6.90. The second kappa shape index (κ2) is 17.1. The number of fused-ring (bicyclic) bond motifs is 1. The summed E-state index contributed by atoms with van der Waals surface area (Å²) in [6.45, 7) is 2.15. The van der Waals surface area contributed by atoms with Crippen LogP contribution in [0.3, 0.4) is 0 Å². The standard InChI is InChI=1S/C31H40N6O6S.ClH/c1-42-15-16-43-21-29(38)35-26-11-8-22(9-12-26)17-28(30(39)34-19-23-5-4-14-37(20-23)31(32)33)36-44(40,41)27-13-10-24-6-2-3-7-25(24)18-27;/h2-3,6-13,18,23,28,36H,4-5,14-17,19-21H2,1H3,(H3,32,33)(H,34,39)(H,35,38);1H/t23?,28-;/m1./s1. The highest BCUT2D eigenvalue weighted by molar-refractivity contribution is 7.89. The number of anilines is 1. The number of hydrogen-bond acceptors (Lipinski definition) is 7. The number of amides is 2. The normalized spacial score (nSPS) is 15.6. The van der Waals surface area contributed by atoms with E-state index in [1.54, 1.807) is 48.4 Å². The first-order valence-corrected chi connectivity index (χ1v) is 16.0. The monoisotopic (exact) mass is 660 g/mol. The van der Waals surface area contributed by atoms with Crippen molar-refractivity contribution in [3.63, 3.8) is 0 Å². The number of likely N-dealkylation sites (tertiary alicyclic amines) is 1. The Labute approximate surface area is 270 Å². The van der Waals surface area contributed by atoms with Crippen molar-refractivity contribution in [3.05, 3.63) is 72.3 Å². The summed E-state index contributed by atoms with van der Waals surface area (Å²) in [7, 11) is -2.51. The molecule has 1 unspecified atom stereocenters. The Morgan fingerprint density at radius 2 is 1.80 bits per heavy atom. The summed E-state index contributed by atoms with van der Waals surface area (Å²) in [5, 5.41) is 15.1. The van der Waals surface area contributed by atoms with Gasteiger partial charge in [-0.1, -0.05) is 42.5 Å². The third-order valence-electron chi connectivity index (χ3n) is 7.41. The molecule has 3 aromatic carbocycles. The predicted octanol–water partition coefficient (Wildman–Crippen LogP) is 2.47. The number of nitrogens with one attached hydrogen (secondary N) is 4. The van der Waals surface area contributed by atoms with Crippen LogP contribution in [0.25, 0.3) is 10.8 Å². The van der Waals surface area contributed by atoms with Gasteiger partial charge in [0, 0.05) is 32.4 Å². The number of piperidine rings is 1. The lowest BCUT2D eigenvalue weighted by Gasteiger charge is -2.33. The molecule has 45 heavy (non-hydrogen) atoms. The molecule has 0 bridgehead atoms. The summed E-state index contributed by atoms with van der Waals surface area (Å²) >= 11 is 0. The Balaban J connectivity index is 0.00000552.